The summed E-state index contributed by atoms with van der Waals surface area (Å²) in [6.07, 6.45) is -9.51. The van der Waals surface area contributed by atoms with E-state index in [0.29, 0.717) is 19.3 Å². The fourth-order valence-corrected chi connectivity index (χ4v) is 13.3. The molecule has 4 saturated carbocycles. The van der Waals surface area contributed by atoms with Crippen LogP contribution >= 0.6 is 10.3 Å². The highest BCUT2D eigenvalue weighted by molar-refractivity contribution is 8.33. The molecule has 3 atom stereocenters. The molecular weight excluding hydrogens is 720 g/mol. The number of esters is 2. The van der Waals surface area contributed by atoms with E-state index in [1.54, 1.807) is 12.1 Å². The van der Waals surface area contributed by atoms with Gasteiger partial charge in [-0.15, -0.1) is 0 Å². The molecule has 51 heavy (non-hydrogen) atoms. The van der Waals surface area contributed by atoms with Gasteiger partial charge >= 0.3 is 33.5 Å². The summed E-state index contributed by atoms with van der Waals surface area (Å²) in [5.41, 5.74) is -2.89. The van der Waals surface area contributed by atoms with Crippen LogP contribution in [0.4, 0.5) is 22.0 Å². The third-order valence-electron chi connectivity index (χ3n) is 9.77. The summed E-state index contributed by atoms with van der Waals surface area (Å²) in [5, 5.41) is 4.12. The van der Waals surface area contributed by atoms with Crippen molar-refractivity contribution >= 4 is 32.4 Å². The normalized spacial score (nSPS) is 25.5. The molecule has 0 amide bonds. The van der Waals surface area contributed by atoms with Crippen molar-refractivity contribution in [3.05, 3.63) is 97.1 Å². The van der Waals surface area contributed by atoms with E-state index < -0.39 is 60.9 Å². The van der Waals surface area contributed by atoms with Crippen LogP contribution in [0, 0.1) is 17.3 Å². The monoisotopic (exact) mass is 754 g/mol. The molecular formula is C36H35F5O8S2. The first kappa shape index (κ1) is 36.8. The summed E-state index contributed by atoms with van der Waals surface area (Å²) in [5.74, 6) is -3.18. The van der Waals surface area contributed by atoms with Gasteiger partial charge in [-0.25, -0.2) is 8.42 Å². The van der Waals surface area contributed by atoms with Gasteiger partial charge in [-0.1, -0.05) is 43.0 Å². The number of aromatic hydroxyl groups is 1. The van der Waals surface area contributed by atoms with Gasteiger partial charge in [0.05, 0.1) is 5.41 Å². The van der Waals surface area contributed by atoms with E-state index in [1.165, 1.54) is 67.6 Å². The number of benzene rings is 3. The minimum Gasteiger partial charge on any atom is -0.508 e. The minimum absolute atomic E-state index is 0.00420. The van der Waals surface area contributed by atoms with Crippen LogP contribution in [0.1, 0.15) is 45.4 Å². The van der Waals surface area contributed by atoms with E-state index in [9.17, 15) is 36.3 Å². The lowest BCUT2D eigenvalue weighted by molar-refractivity contribution is -0.269. The Kier molecular flexibility index (Phi) is 9.33. The van der Waals surface area contributed by atoms with E-state index in [4.69, 9.17) is 8.37 Å². The van der Waals surface area contributed by atoms with Crippen molar-refractivity contribution in [2.24, 2.45) is 17.3 Å². The van der Waals surface area contributed by atoms with Crippen molar-refractivity contribution in [1.29, 1.82) is 0 Å². The number of hydrogen-bond donors (Lipinski definition) is 1. The molecule has 0 aromatic heterocycles. The quantitative estimate of drug-likeness (QED) is 0.118. The van der Waals surface area contributed by atoms with Gasteiger partial charge in [0.25, 0.3) is 6.10 Å². The summed E-state index contributed by atoms with van der Waals surface area (Å²) in [6.45, 7) is 4.97. The molecule has 3 unspecified atom stereocenters. The molecule has 0 heterocycles. The van der Waals surface area contributed by atoms with Crippen molar-refractivity contribution in [2.45, 2.75) is 83.3 Å². The van der Waals surface area contributed by atoms with E-state index in [0.717, 1.165) is 12.1 Å². The lowest BCUT2D eigenvalue weighted by Gasteiger charge is -2.59. The lowest BCUT2D eigenvalue weighted by Crippen LogP contribution is -2.61. The zero-order chi connectivity index (χ0) is 37.0. The Bertz CT molecular complexity index is 1860. The molecule has 0 aliphatic heterocycles. The van der Waals surface area contributed by atoms with Gasteiger partial charge < -0.3 is 14.6 Å². The number of ether oxygens (including phenoxy) is 2. The Morgan fingerprint density at radius 2 is 1.31 bits per heavy atom. The molecule has 3 aromatic carbocycles. The van der Waals surface area contributed by atoms with Crippen LogP contribution in [0.15, 0.2) is 112 Å². The number of phenolic OH excluding ortho intramolecular Hbond substituents is 1. The van der Waals surface area contributed by atoms with Crippen molar-refractivity contribution in [3.63, 3.8) is 0 Å². The van der Waals surface area contributed by atoms with Gasteiger partial charge in [0.2, 0.25) is 0 Å². The summed E-state index contributed by atoms with van der Waals surface area (Å²) in [7, 11) is -10.4. The maximum absolute atomic E-state index is 16.4. The van der Waals surface area contributed by atoms with Crippen LogP contribution in [0.2, 0.25) is 0 Å². The number of carbonyl (C=O) groups excluding carboxylic acids is 2. The van der Waals surface area contributed by atoms with E-state index in [2.05, 4.69) is 11.3 Å². The van der Waals surface area contributed by atoms with Gasteiger partial charge in [0, 0.05) is 26.7 Å². The van der Waals surface area contributed by atoms with Gasteiger partial charge in [0.1, 0.15) is 11.4 Å². The number of alkyl halides is 5. The Hall–Kier alpha value is -3.95. The molecule has 8 nitrogen and oxygen atoms in total. The standard InChI is InChI=1S/C36H35F5O8S2/c1-23(2)30(43)48-34-20-24-17-25(21-34)19-33(18-24,22-34)32(44)47-31(35(37,38)39)36(40,41)51(45,46)49-50(27-9-5-3-6-10-27,28-11-7-4-8-12-28)29-15-13-26(42)14-16-29/h3-16,24-25,31,42H,1,17-22H2,2H3. The third-order valence-corrected chi connectivity index (χ3v) is 15.0. The van der Waals surface area contributed by atoms with Crippen LogP contribution in [-0.2, 0) is 32.8 Å². The van der Waals surface area contributed by atoms with Gasteiger partial charge in [-0.3, -0.25) is 4.79 Å². The zero-order valence-electron chi connectivity index (χ0n) is 27.3. The molecule has 15 heteroatoms. The Labute approximate surface area is 293 Å². The van der Waals surface area contributed by atoms with E-state index in [1.807, 2.05) is 0 Å². The minimum atomic E-state index is -6.63. The van der Waals surface area contributed by atoms with Crippen LogP contribution in [0.3, 0.4) is 0 Å². The molecule has 4 bridgehead atoms. The summed E-state index contributed by atoms with van der Waals surface area (Å²) in [6, 6.07) is 19.3. The fraction of sp³-hybridized carbons (Fsp3) is 0.389. The van der Waals surface area contributed by atoms with Crippen molar-refractivity contribution < 1.29 is 58.2 Å². The smallest absolute Gasteiger partial charge is 0.432 e. The molecule has 0 spiro atoms. The fourth-order valence-electron chi connectivity index (χ4n) is 8.08. The van der Waals surface area contributed by atoms with Gasteiger partial charge in [-0.2, -0.15) is 30.4 Å². The van der Waals surface area contributed by atoms with E-state index in [-0.39, 0.29) is 57.1 Å². The summed E-state index contributed by atoms with van der Waals surface area (Å²) < 4.78 is 120. The predicted molar refractivity (Wildman–Crippen MR) is 175 cm³/mol. The first-order valence-electron chi connectivity index (χ1n) is 16.1. The second-order valence-electron chi connectivity index (χ2n) is 13.7. The second kappa shape index (κ2) is 12.9. The maximum Gasteiger partial charge on any atom is 0.432 e. The zero-order valence-corrected chi connectivity index (χ0v) is 28.9. The molecule has 274 valence electrons. The Morgan fingerprint density at radius 3 is 1.78 bits per heavy atom. The predicted octanol–water partition coefficient (Wildman–Crippen LogP) is 8.46. The van der Waals surface area contributed by atoms with Crippen molar-refractivity contribution in [3.8, 4) is 5.75 Å². The summed E-state index contributed by atoms with van der Waals surface area (Å²) >= 11 is 0. The molecule has 4 aliphatic rings. The SMILES string of the molecule is C=C(C)C(=O)OC12CC3CC(C1)CC(C(=O)OC(C(F)(F)F)C(F)(F)S(=O)(=O)OS(c1ccccc1)(c1ccccc1)c1ccc(O)cc1)(C3)C2. The lowest BCUT2D eigenvalue weighted by atomic mass is 9.48. The van der Waals surface area contributed by atoms with Crippen LogP contribution in [0.25, 0.3) is 0 Å². The van der Waals surface area contributed by atoms with Crippen LogP contribution in [0.5, 0.6) is 5.75 Å². The molecule has 4 aliphatic carbocycles. The van der Waals surface area contributed by atoms with Crippen molar-refractivity contribution in [2.75, 3.05) is 0 Å². The number of hydrogen-bond acceptors (Lipinski definition) is 8. The highest BCUT2D eigenvalue weighted by atomic mass is 32.3. The molecule has 3 aromatic rings. The topological polar surface area (TPSA) is 116 Å². The van der Waals surface area contributed by atoms with Crippen molar-refractivity contribution in [1.82, 2.24) is 0 Å². The highest BCUT2D eigenvalue weighted by Gasteiger charge is 2.70. The average Bonchev–Trinajstić information content (AvgIpc) is 3.05. The molecule has 0 saturated heterocycles. The second-order valence-corrected chi connectivity index (χ2v) is 18.2. The van der Waals surface area contributed by atoms with Gasteiger partial charge in [-0.05, 0) is 110 Å². The first-order chi connectivity index (χ1) is 23.8. The molecule has 1 N–H and O–H groups in total. The number of carbonyl (C=O) groups is 2. The number of halogens is 5. The van der Waals surface area contributed by atoms with Crippen LogP contribution < -0.4 is 0 Å². The summed E-state index contributed by atoms with van der Waals surface area (Å²) in [4.78, 5) is 26.3. The maximum atomic E-state index is 16.4. The van der Waals surface area contributed by atoms with Crippen LogP contribution in [-0.4, -0.2) is 48.6 Å². The third kappa shape index (κ3) is 6.63. The molecule has 7 rings (SSSR count). The molecule has 0 radical (unpaired) electrons. The average molecular weight is 755 g/mol. The largest absolute Gasteiger partial charge is 0.508 e. The van der Waals surface area contributed by atoms with Gasteiger partial charge in [0.15, 0.2) is 0 Å². The number of rotatable bonds is 11. The molecule has 4 fully saturated rings. The Morgan fingerprint density at radius 1 is 0.824 bits per heavy atom. The Balaban J connectivity index is 1.40. The number of phenols is 1. The van der Waals surface area contributed by atoms with E-state index >= 15 is 8.78 Å². The first-order valence-corrected chi connectivity index (χ1v) is 19.0. The highest BCUT2D eigenvalue weighted by Crippen LogP contribution is 2.71.